The summed E-state index contributed by atoms with van der Waals surface area (Å²) in [4.78, 5) is 0. The summed E-state index contributed by atoms with van der Waals surface area (Å²) in [5.41, 5.74) is 1.09. The molecule has 3 aromatic rings. The van der Waals surface area contributed by atoms with Crippen LogP contribution in [0.3, 0.4) is 0 Å². The lowest BCUT2D eigenvalue weighted by Gasteiger charge is -2.26. The second-order valence-corrected chi connectivity index (χ2v) is 9.10. The van der Waals surface area contributed by atoms with Crippen molar-refractivity contribution in [3.63, 3.8) is 0 Å². The molecule has 0 aliphatic heterocycles. The van der Waals surface area contributed by atoms with Gasteiger partial charge in [0.1, 0.15) is 0 Å². The van der Waals surface area contributed by atoms with Gasteiger partial charge in [-0.15, -0.1) is 6.58 Å². The Morgan fingerprint density at radius 3 is 1.79 bits per heavy atom. The Hall–Kier alpha value is -2.67. The first kappa shape index (κ1) is 20.1. The molecule has 142 valence electrons. The van der Waals surface area contributed by atoms with Gasteiger partial charge in [-0.25, -0.2) is 5.09 Å². The van der Waals surface area contributed by atoms with E-state index in [1.54, 1.807) is 0 Å². The van der Waals surface area contributed by atoms with Gasteiger partial charge in [-0.1, -0.05) is 85.0 Å². The summed E-state index contributed by atoms with van der Waals surface area (Å²) in [5.74, 6) is 0. The van der Waals surface area contributed by atoms with E-state index in [1.165, 1.54) is 0 Å². The van der Waals surface area contributed by atoms with E-state index < -0.39 is 7.29 Å². The SMILES string of the molecule is C=CCC/C=C/C(NP(=O)(c1ccccc1)c1ccccc1)c1ccccc1. The van der Waals surface area contributed by atoms with Crippen LogP contribution in [0, 0.1) is 0 Å². The third-order valence-electron chi connectivity index (χ3n) is 4.59. The van der Waals surface area contributed by atoms with Gasteiger partial charge in [0.15, 0.2) is 0 Å². The van der Waals surface area contributed by atoms with Crippen LogP contribution in [0.2, 0.25) is 0 Å². The zero-order valence-corrected chi connectivity index (χ0v) is 16.8. The maximum Gasteiger partial charge on any atom is 0.205 e. The van der Waals surface area contributed by atoms with Gasteiger partial charge in [-0.2, -0.15) is 0 Å². The zero-order valence-electron chi connectivity index (χ0n) is 15.9. The molecule has 2 nitrogen and oxygen atoms in total. The minimum atomic E-state index is -3.02. The van der Waals surface area contributed by atoms with E-state index in [-0.39, 0.29) is 6.04 Å². The molecule has 0 radical (unpaired) electrons. The topological polar surface area (TPSA) is 29.1 Å². The van der Waals surface area contributed by atoms with Gasteiger partial charge in [-0.3, -0.25) is 4.57 Å². The molecule has 0 saturated carbocycles. The summed E-state index contributed by atoms with van der Waals surface area (Å²) >= 11 is 0. The molecule has 0 bridgehead atoms. The van der Waals surface area contributed by atoms with Gasteiger partial charge in [0.2, 0.25) is 7.29 Å². The van der Waals surface area contributed by atoms with Crippen LogP contribution in [0.1, 0.15) is 24.4 Å². The molecule has 0 fully saturated rings. The molecule has 0 saturated heterocycles. The standard InChI is InChI=1S/C25H26NOP/c1-2-3-4-14-21-25(22-15-8-5-9-16-22)26-28(27,23-17-10-6-11-18-23)24-19-12-7-13-20-24/h2,5-21,25H,1,3-4H2,(H,26,27)/b21-14+. The summed E-state index contributed by atoms with van der Waals surface area (Å²) in [5, 5.41) is 5.11. The summed E-state index contributed by atoms with van der Waals surface area (Å²) in [6, 6.07) is 29.4. The van der Waals surface area contributed by atoms with Gasteiger partial charge in [0, 0.05) is 10.6 Å². The molecule has 0 aromatic heterocycles. The quantitative estimate of drug-likeness (QED) is 0.287. The van der Waals surface area contributed by atoms with Gasteiger partial charge >= 0.3 is 0 Å². The fourth-order valence-corrected chi connectivity index (χ4v) is 5.51. The molecule has 1 atom stereocenters. The number of nitrogens with one attached hydrogen (secondary N) is 1. The highest BCUT2D eigenvalue weighted by Crippen LogP contribution is 2.42. The molecule has 0 heterocycles. The molecule has 0 spiro atoms. The number of benzene rings is 3. The van der Waals surface area contributed by atoms with Crippen LogP contribution in [-0.2, 0) is 4.57 Å². The lowest BCUT2D eigenvalue weighted by atomic mass is 10.1. The van der Waals surface area contributed by atoms with Crippen LogP contribution in [-0.4, -0.2) is 0 Å². The number of hydrogen-bond acceptors (Lipinski definition) is 1. The Labute approximate surface area is 168 Å². The highest BCUT2D eigenvalue weighted by molar-refractivity contribution is 7.76. The van der Waals surface area contributed by atoms with E-state index in [2.05, 4.69) is 36.0 Å². The molecule has 0 aliphatic carbocycles. The van der Waals surface area contributed by atoms with Crippen molar-refractivity contribution in [2.45, 2.75) is 18.9 Å². The van der Waals surface area contributed by atoms with Crippen molar-refractivity contribution < 1.29 is 4.57 Å². The van der Waals surface area contributed by atoms with Crippen molar-refractivity contribution in [2.75, 3.05) is 0 Å². The van der Waals surface area contributed by atoms with E-state index in [4.69, 9.17) is 0 Å². The normalized spacial score (nSPS) is 12.7. The van der Waals surface area contributed by atoms with E-state index in [0.29, 0.717) is 0 Å². The number of hydrogen-bond donors (Lipinski definition) is 1. The fourth-order valence-electron chi connectivity index (χ4n) is 3.11. The highest BCUT2D eigenvalue weighted by Gasteiger charge is 2.29. The number of allylic oxidation sites excluding steroid dienone is 2. The van der Waals surface area contributed by atoms with Gasteiger partial charge in [0.05, 0.1) is 6.04 Å². The third-order valence-corrected chi connectivity index (χ3v) is 7.28. The zero-order chi connectivity index (χ0) is 19.7. The maximum absolute atomic E-state index is 14.3. The first-order valence-corrected chi connectivity index (χ1v) is 11.3. The molecule has 3 heteroatoms. The lowest BCUT2D eigenvalue weighted by molar-refractivity contribution is 0.573. The lowest BCUT2D eigenvalue weighted by Crippen LogP contribution is -2.30. The van der Waals surface area contributed by atoms with Crippen LogP contribution in [0.15, 0.2) is 116 Å². The molecule has 28 heavy (non-hydrogen) atoms. The van der Waals surface area contributed by atoms with Crippen LogP contribution < -0.4 is 15.7 Å². The minimum absolute atomic E-state index is 0.155. The molecule has 3 rings (SSSR count). The van der Waals surface area contributed by atoms with E-state index in [0.717, 1.165) is 29.0 Å². The van der Waals surface area contributed by atoms with Crippen molar-refractivity contribution in [1.82, 2.24) is 5.09 Å². The predicted octanol–water partition coefficient (Wildman–Crippen LogP) is 5.77. The van der Waals surface area contributed by atoms with Crippen molar-refractivity contribution in [3.05, 3.63) is 121 Å². The first-order valence-electron chi connectivity index (χ1n) is 9.55. The fraction of sp³-hybridized carbons (Fsp3) is 0.120. The molecule has 0 amide bonds. The largest absolute Gasteiger partial charge is 0.296 e. The third kappa shape index (κ3) is 4.98. The molecular weight excluding hydrogens is 361 g/mol. The highest BCUT2D eigenvalue weighted by atomic mass is 31.2. The summed E-state index contributed by atoms with van der Waals surface area (Å²) < 4.78 is 14.3. The Bertz CT molecular complexity index is 893. The van der Waals surface area contributed by atoms with Gasteiger partial charge < -0.3 is 0 Å². The predicted molar refractivity (Wildman–Crippen MR) is 121 cm³/mol. The summed E-state index contributed by atoms with van der Waals surface area (Å²) in [6.45, 7) is 3.78. The minimum Gasteiger partial charge on any atom is -0.296 e. The van der Waals surface area contributed by atoms with Gasteiger partial charge in [0.25, 0.3) is 0 Å². The number of unbranched alkanes of at least 4 members (excludes halogenated alkanes) is 1. The van der Waals surface area contributed by atoms with E-state index >= 15 is 0 Å². The molecule has 3 aromatic carbocycles. The van der Waals surface area contributed by atoms with Crippen LogP contribution in [0.5, 0.6) is 0 Å². The van der Waals surface area contributed by atoms with Crippen molar-refractivity contribution >= 4 is 17.9 Å². The Balaban J connectivity index is 2.02. The van der Waals surface area contributed by atoms with Crippen molar-refractivity contribution in [1.29, 1.82) is 0 Å². The second-order valence-electron chi connectivity index (χ2n) is 6.59. The molecular formula is C25H26NOP. The molecule has 1 unspecified atom stereocenters. The monoisotopic (exact) mass is 387 g/mol. The first-order chi connectivity index (χ1) is 13.7. The van der Waals surface area contributed by atoms with E-state index in [1.807, 2.05) is 84.9 Å². The van der Waals surface area contributed by atoms with Crippen LogP contribution in [0.4, 0.5) is 0 Å². The Morgan fingerprint density at radius 2 is 1.29 bits per heavy atom. The van der Waals surface area contributed by atoms with E-state index in [9.17, 15) is 4.57 Å². The summed E-state index contributed by atoms with van der Waals surface area (Å²) in [6.07, 6.45) is 7.99. The average molecular weight is 387 g/mol. The van der Waals surface area contributed by atoms with Crippen molar-refractivity contribution in [3.8, 4) is 0 Å². The Kier molecular flexibility index (Phi) is 7.19. The molecule has 1 N–H and O–H groups in total. The summed E-state index contributed by atoms with van der Waals surface area (Å²) in [7, 11) is -3.02. The molecule has 0 aliphatic rings. The number of rotatable bonds is 9. The second kappa shape index (κ2) is 10.0. The van der Waals surface area contributed by atoms with Gasteiger partial charge in [-0.05, 0) is 42.7 Å². The van der Waals surface area contributed by atoms with Crippen LogP contribution in [0.25, 0.3) is 0 Å². The van der Waals surface area contributed by atoms with Crippen molar-refractivity contribution in [2.24, 2.45) is 0 Å². The smallest absolute Gasteiger partial charge is 0.205 e. The average Bonchev–Trinajstić information content (AvgIpc) is 2.77. The van der Waals surface area contributed by atoms with Crippen LogP contribution >= 0.6 is 7.29 Å². The Morgan fingerprint density at radius 1 is 0.786 bits per heavy atom. The maximum atomic E-state index is 14.3.